The number of hydrogen-bond acceptors (Lipinski definition) is 5. The van der Waals surface area contributed by atoms with Gasteiger partial charge in [0.15, 0.2) is 0 Å². The highest BCUT2D eigenvalue weighted by Crippen LogP contribution is 2.24. The van der Waals surface area contributed by atoms with E-state index in [4.69, 9.17) is 9.84 Å². The molecule has 17 heavy (non-hydrogen) atoms. The Kier molecular flexibility index (Phi) is 2.90. The Bertz CT molecular complexity index is 463. The predicted octanol–water partition coefficient (Wildman–Crippen LogP) is -0.0773. The first kappa shape index (κ1) is 11.3. The molecule has 0 radical (unpaired) electrons. The smallest absolute Gasteiger partial charge is 0.318 e. The van der Waals surface area contributed by atoms with Gasteiger partial charge < -0.3 is 9.84 Å². The van der Waals surface area contributed by atoms with Gasteiger partial charge in [-0.05, 0) is 6.07 Å². The number of nitrogens with zero attached hydrogens (tertiary/aromatic N) is 3. The highest BCUT2D eigenvalue weighted by molar-refractivity contribution is 5.98. The molecule has 1 saturated heterocycles. The number of aromatic nitrogens is 2. The van der Waals surface area contributed by atoms with Crippen LogP contribution in [0.15, 0.2) is 12.3 Å². The summed E-state index contributed by atoms with van der Waals surface area (Å²) in [6.45, 7) is 0.133. The summed E-state index contributed by atoms with van der Waals surface area (Å²) in [6.07, 6.45) is 1.46. The minimum absolute atomic E-state index is 0.00164. The van der Waals surface area contributed by atoms with Crippen LogP contribution in [0.5, 0.6) is 6.01 Å². The Morgan fingerprint density at radius 2 is 2.41 bits per heavy atom. The van der Waals surface area contributed by atoms with E-state index in [1.165, 1.54) is 18.2 Å². The summed E-state index contributed by atoms with van der Waals surface area (Å²) in [5.74, 6) is -1.53. The fourth-order valence-electron chi connectivity index (χ4n) is 1.67. The van der Waals surface area contributed by atoms with Crippen molar-refractivity contribution in [3.63, 3.8) is 0 Å². The molecule has 1 aromatic heterocycles. The summed E-state index contributed by atoms with van der Waals surface area (Å²) in [5.41, 5.74) is 0. The average Bonchev–Trinajstić information content (AvgIpc) is 2.72. The van der Waals surface area contributed by atoms with Gasteiger partial charge in [0.1, 0.15) is 5.82 Å². The summed E-state index contributed by atoms with van der Waals surface area (Å²) >= 11 is 0. The first-order valence-corrected chi connectivity index (χ1v) is 5.02. The minimum Gasteiger partial charge on any atom is -0.481 e. The molecule has 2 heterocycles. The topological polar surface area (TPSA) is 92.6 Å². The van der Waals surface area contributed by atoms with E-state index in [9.17, 15) is 9.59 Å². The predicted molar refractivity (Wildman–Crippen MR) is 56.7 cm³/mol. The lowest BCUT2D eigenvalue weighted by Gasteiger charge is -2.14. The fraction of sp³-hybridized carbons (Fsp3) is 0.400. The SMILES string of the molecule is COc1nccc(N2CC(C(=O)O)CC2=O)n1. The van der Waals surface area contributed by atoms with Gasteiger partial charge in [0.05, 0.1) is 13.0 Å². The van der Waals surface area contributed by atoms with Gasteiger partial charge in [0, 0.05) is 19.2 Å². The molecule has 1 aliphatic heterocycles. The molecule has 1 atom stereocenters. The lowest BCUT2D eigenvalue weighted by molar-refractivity contribution is -0.141. The number of carbonyl (C=O) groups is 2. The Hall–Kier alpha value is -2.18. The molecule has 1 fully saturated rings. The van der Waals surface area contributed by atoms with Crippen molar-refractivity contribution < 1.29 is 19.4 Å². The van der Waals surface area contributed by atoms with Crippen LogP contribution in [0.3, 0.4) is 0 Å². The van der Waals surface area contributed by atoms with E-state index >= 15 is 0 Å². The third kappa shape index (κ3) is 2.17. The van der Waals surface area contributed by atoms with Crippen LogP contribution in [0.2, 0.25) is 0 Å². The molecule has 1 N–H and O–H groups in total. The van der Waals surface area contributed by atoms with Gasteiger partial charge in [0.2, 0.25) is 5.91 Å². The Balaban J connectivity index is 2.22. The van der Waals surface area contributed by atoms with Crippen molar-refractivity contribution >= 4 is 17.7 Å². The molecule has 1 aliphatic rings. The third-order valence-corrected chi connectivity index (χ3v) is 2.55. The van der Waals surface area contributed by atoms with E-state index in [1.807, 2.05) is 0 Å². The molecule has 1 aromatic rings. The van der Waals surface area contributed by atoms with Crippen molar-refractivity contribution in [1.82, 2.24) is 9.97 Å². The summed E-state index contributed by atoms with van der Waals surface area (Å²) in [5, 5.41) is 8.86. The van der Waals surface area contributed by atoms with E-state index in [2.05, 4.69) is 9.97 Å². The summed E-state index contributed by atoms with van der Waals surface area (Å²) in [4.78, 5) is 31.6. The molecule has 0 saturated carbocycles. The van der Waals surface area contributed by atoms with E-state index in [1.54, 1.807) is 6.07 Å². The van der Waals surface area contributed by atoms with Crippen molar-refractivity contribution in [2.24, 2.45) is 5.92 Å². The molecular weight excluding hydrogens is 226 g/mol. The molecular formula is C10H11N3O4. The van der Waals surface area contributed by atoms with Crippen LogP contribution in [0.25, 0.3) is 0 Å². The van der Waals surface area contributed by atoms with Gasteiger partial charge in [-0.2, -0.15) is 4.98 Å². The van der Waals surface area contributed by atoms with Gasteiger partial charge in [-0.1, -0.05) is 0 Å². The number of amides is 1. The number of carboxylic acids is 1. The number of ether oxygens (including phenoxy) is 1. The molecule has 90 valence electrons. The molecule has 0 spiro atoms. The normalized spacial score (nSPS) is 19.5. The van der Waals surface area contributed by atoms with E-state index in [-0.39, 0.29) is 24.9 Å². The van der Waals surface area contributed by atoms with E-state index in [0.717, 1.165) is 0 Å². The number of carbonyl (C=O) groups excluding carboxylic acids is 1. The largest absolute Gasteiger partial charge is 0.481 e. The number of hydrogen-bond donors (Lipinski definition) is 1. The molecule has 0 aromatic carbocycles. The van der Waals surface area contributed by atoms with Crippen LogP contribution in [0.1, 0.15) is 6.42 Å². The van der Waals surface area contributed by atoms with Crippen molar-refractivity contribution in [1.29, 1.82) is 0 Å². The Morgan fingerprint density at radius 1 is 1.65 bits per heavy atom. The second-order valence-corrected chi connectivity index (χ2v) is 3.65. The van der Waals surface area contributed by atoms with Crippen LogP contribution in [-0.2, 0) is 9.59 Å². The third-order valence-electron chi connectivity index (χ3n) is 2.55. The quantitative estimate of drug-likeness (QED) is 0.790. The van der Waals surface area contributed by atoms with Crippen molar-refractivity contribution in [3.8, 4) is 6.01 Å². The fourth-order valence-corrected chi connectivity index (χ4v) is 1.67. The number of anilines is 1. The molecule has 7 nitrogen and oxygen atoms in total. The molecule has 1 unspecified atom stereocenters. The van der Waals surface area contributed by atoms with E-state index < -0.39 is 11.9 Å². The lowest BCUT2D eigenvalue weighted by atomic mass is 10.1. The summed E-state index contributed by atoms with van der Waals surface area (Å²) < 4.78 is 4.85. The first-order chi connectivity index (χ1) is 8.11. The van der Waals surface area contributed by atoms with Crippen molar-refractivity contribution in [2.45, 2.75) is 6.42 Å². The number of aliphatic carboxylic acids is 1. The maximum atomic E-state index is 11.7. The van der Waals surface area contributed by atoms with Gasteiger partial charge >= 0.3 is 12.0 Å². The average molecular weight is 237 g/mol. The standard InChI is InChI=1S/C10H11N3O4/c1-17-10-11-3-2-7(12-10)13-5-6(9(15)16)4-8(13)14/h2-3,6H,4-5H2,1H3,(H,15,16). The zero-order valence-corrected chi connectivity index (χ0v) is 9.16. The molecule has 0 aliphatic carbocycles. The monoisotopic (exact) mass is 237 g/mol. The summed E-state index contributed by atoms with van der Waals surface area (Å²) in [7, 11) is 1.42. The van der Waals surface area contributed by atoms with Crippen LogP contribution in [-0.4, -0.2) is 40.6 Å². The van der Waals surface area contributed by atoms with Crippen LogP contribution >= 0.6 is 0 Å². The zero-order valence-electron chi connectivity index (χ0n) is 9.16. The Labute approximate surface area is 97.0 Å². The molecule has 2 rings (SSSR count). The molecule has 7 heteroatoms. The maximum absolute atomic E-state index is 11.7. The lowest BCUT2D eigenvalue weighted by Crippen LogP contribution is -2.26. The number of carboxylic acid groups (broad SMARTS) is 1. The Morgan fingerprint density at radius 3 is 3.00 bits per heavy atom. The second-order valence-electron chi connectivity index (χ2n) is 3.65. The van der Waals surface area contributed by atoms with Gasteiger partial charge in [-0.25, -0.2) is 4.98 Å². The number of rotatable bonds is 3. The summed E-state index contributed by atoms with van der Waals surface area (Å²) in [6, 6.07) is 1.69. The highest BCUT2D eigenvalue weighted by atomic mass is 16.5. The van der Waals surface area contributed by atoms with E-state index in [0.29, 0.717) is 5.82 Å². The van der Waals surface area contributed by atoms with Crippen molar-refractivity contribution in [3.05, 3.63) is 12.3 Å². The van der Waals surface area contributed by atoms with Crippen LogP contribution < -0.4 is 9.64 Å². The minimum atomic E-state index is -0.970. The molecule has 0 bridgehead atoms. The zero-order chi connectivity index (χ0) is 12.4. The van der Waals surface area contributed by atoms with Gasteiger partial charge in [-0.15, -0.1) is 0 Å². The second kappa shape index (κ2) is 4.36. The van der Waals surface area contributed by atoms with Crippen LogP contribution in [0, 0.1) is 5.92 Å². The first-order valence-electron chi connectivity index (χ1n) is 5.02. The van der Waals surface area contributed by atoms with Crippen molar-refractivity contribution in [2.75, 3.05) is 18.6 Å². The highest BCUT2D eigenvalue weighted by Gasteiger charge is 2.35. The molecule has 1 amide bonds. The number of methoxy groups -OCH3 is 1. The van der Waals surface area contributed by atoms with Crippen LogP contribution in [0.4, 0.5) is 5.82 Å². The van der Waals surface area contributed by atoms with Gasteiger partial charge in [-0.3, -0.25) is 14.5 Å². The maximum Gasteiger partial charge on any atom is 0.318 e. The van der Waals surface area contributed by atoms with Gasteiger partial charge in [0.25, 0.3) is 0 Å².